The Morgan fingerprint density at radius 1 is 1.04 bits per heavy atom. The van der Waals surface area contributed by atoms with E-state index in [-0.39, 0.29) is 11.1 Å². The fraction of sp³-hybridized carbons (Fsp3) is 0.350. The van der Waals surface area contributed by atoms with Crippen LogP contribution in [0.15, 0.2) is 57.7 Å². The van der Waals surface area contributed by atoms with Gasteiger partial charge in [-0.15, -0.1) is 16.9 Å². The summed E-state index contributed by atoms with van der Waals surface area (Å²) in [6, 6.07) is 12.5. The zero-order chi connectivity index (χ0) is 20.0. The van der Waals surface area contributed by atoms with Crippen molar-refractivity contribution in [2.24, 2.45) is 15.2 Å². The number of anilines is 1. The number of hydrogen-bond acceptors (Lipinski definition) is 6. The van der Waals surface area contributed by atoms with Gasteiger partial charge in [0.1, 0.15) is 5.69 Å². The third-order valence-corrected chi connectivity index (χ3v) is 4.64. The first kappa shape index (κ1) is 21.4. The fourth-order valence-electron chi connectivity index (χ4n) is 2.22. The van der Waals surface area contributed by atoms with Gasteiger partial charge in [-0.1, -0.05) is 13.8 Å². The number of nitrogens with zero attached hydrogens (tertiary/aromatic N) is 4. The minimum atomic E-state index is -0.426. The molecule has 27 heavy (non-hydrogen) atoms. The SMILES string of the molecule is CC(S)N=C(SC(C)C)c1ccc(N=Nc2ccc(N(C)C)cc2)c(F)c1. The number of rotatable bonds is 6. The van der Waals surface area contributed by atoms with Gasteiger partial charge >= 0.3 is 0 Å². The second-order valence-corrected chi connectivity index (χ2v) is 8.82. The average Bonchev–Trinajstić information content (AvgIpc) is 2.59. The van der Waals surface area contributed by atoms with Crippen molar-refractivity contribution in [3.63, 3.8) is 0 Å². The van der Waals surface area contributed by atoms with E-state index in [1.807, 2.05) is 56.3 Å². The highest BCUT2D eigenvalue weighted by Crippen LogP contribution is 2.27. The monoisotopic (exact) mass is 404 g/mol. The first-order valence-electron chi connectivity index (χ1n) is 8.68. The van der Waals surface area contributed by atoms with E-state index in [0.29, 0.717) is 10.9 Å². The Morgan fingerprint density at radius 2 is 1.70 bits per heavy atom. The Morgan fingerprint density at radius 3 is 2.22 bits per heavy atom. The first-order chi connectivity index (χ1) is 12.8. The average molecular weight is 405 g/mol. The largest absolute Gasteiger partial charge is 0.378 e. The van der Waals surface area contributed by atoms with Crippen LogP contribution in [0.3, 0.4) is 0 Å². The van der Waals surface area contributed by atoms with Crippen LogP contribution < -0.4 is 4.90 Å². The van der Waals surface area contributed by atoms with Crippen molar-refractivity contribution in [2.45, 2.75) is 31.4 Å². The summed E-state index contributed by atoms with van der Waals surface area (Å²) in [5.41, 5.74) is 2.66. The van der Waals surface area contributed by atoms with Gasteiger partial charge in [0.2, 0.25) is 0 Å². The van der Waals surface area contributed by atoms with Gasteiger partial charge in [0.15, 0.2) is 5.82 Å². The highest BCUT2D eigenvalue weighted by molar-refractivity contribution is 8.14. The van der Waals surface area contributed by atoms with Crippen molar-refractivity contribution in [1.82, 2.24) is 0 Å². The summed E-state index contributed by atoms with van der Waals surface area (Å²) in [6.45, 7) is 6.03. The van der Waals surface area contributed by atoms with Gasteiger partial charge in [-0.25, -0.2) is 4.39 Å². The molecule has 1 unspecified atom stereocenters. The van der Waals surface area contributed by atoms with Gasteiger partial charge in [0, 0.05) is 30.6 Å². The van der Waals surface area contributed by atoms with Crippen LogP contribution in [0.4, 0.5) is 21.5 Å². The number of hydrogen-bond donors (Lipinski definition) is 1. The normalized spacial score (nSPS) is 13.4. The lowest BCUT2D eigenvalue weighted by Gasteiger charge is -2.11. The Balaban J connectivity index is 2.22. The van der Waals surface area contributed by atoms with Crippen molar-refractivity contribution in [3.8, 4) is 0 Å². The third-order valence-electron chi connectivity index (χ3n) is 3.49. The number of thiol groups is 1. The molecule has 0 heterocycles. The summed E-state index contributed by atoms with van der Waals surface area (Å²) in [5.74, 6) is -0.426. The topological polar surface area (TPSA) is 40.3 Å². The molecule has 7 heteroatoms. The summed E-state index contributed by atoms with van der Waals surface area (Å²) in [5, 5.41) is 9.13. The van der Waals surface area contributed by atoms with E-state index in [9.17, 15) is 4.39 Å². The summed E-state index contributed by atoms with van der Waals surface area (Å²) in [7, 11) is 3.94. The van der Waals surface area contributed by atoms with Gasteiger partial charge < -0.3 is 4.90 Å². The molecule has 0 radical (unpaired) electrons. The van der Waals surface area contributed by atoms with Crippen LogP contribution in [0.2, 0.25) is 0 Å². The van der Waals surface area contributed by atoms with Crippen LogP contribution >= 0.6 is 24.4 Å². The molecule has 2 aromatic rings. The summed E-state index contributed by atoms with van der Waals surface area (Å²) < 4.78 is 14.5. The van der Waals surface area contributed by atoms with E-state index < -0.39 is 5.82 Å². The Labute approximate surface area is 170 Å². The molecule has 2 aromatic carbocycles. The molecule has 0 amide bonds. The van der Waals surface area contributed by atoms with E-state index in [0.717, 1.165) is 16.3 Å². The zero-order valence-corrected chi connectivity index (χ0v) is 17.9. The van der Waals surface area contributed by atoms with Crippen LogP contribution in [0.1, 0.15) is 26.3 Å². The van der Waals surface area contributed by atoms with E-state index in [4.69, 9.17) is 0 Å². The summed E-state index contributed by atoms with van der Waals surface area (Å²) in [4.78, 5) is 6.49. The van der Waals surface area contributed by atoms with Crippen LogP contribution in [0.25, 0.3) is 0 Å². The van der Waals surface area contributed by atoms with E-state index >= 15 is 0 Å². The maximum atomic E-state index is 14.5. The van der Waals surface area contributed by atoms with E-state index in [1.165, 1.54) is 6.07 Å². The predicted molar refractivity (Wildman–Crippen MR) is 119 cm³/mol. The van der Waals surface area contributed by atoms with E-state index in [2.05, 4.69) is 41.7 Å². The van der Waals surface area contributed by atoms with E-state index in [1.54, 1.807) is 17.8 Å². The molecule has 0 aliphatic heterocycles. The first-order valence-corrected chi connectivity index (χ1v) is 10.1. The van der Waals surface area contributed by atoms with Gasteiger partial charge in [0.05, 0.1) is 16.1 Å². The molecule has 0 saturated heterocycles. The second kappa shape index (κ2) is 9.90. The fourth-order valence-corrected chi connectivity index (χ4v) is 3.34. The number of aliphatic imine (C=N–C) groups is 1. The number of thioether (sulfide) groups is 1. The molecule has 2 rings (SSSR count). The van der Waals surface area contributed by atoms with Gasteiger partial charge in [-0.2, -0.15) is 17.7 Å². The molecule has 0 spiro atoms. The minimum Gasteiger partial charge on any atom is -0.378 e. The molecule has 0 aliphatic carbocycles. The molecular weight excluding hydrogens is 379 g/mol. The molecule has 144 valence electrons. The molecule has 0 bridgehead atoms. The van der Waals surface area contributed by atoms with Gasteiger partial charge in [0.25, 0.3) is 0 Å². The van der Waals surface area contributed by atoms with Crippen molar-refractivity contribution in [3.05, 3.63) is 53.8 Å². The number of benzene rings is 2. The van der Waals surface area contributed by atoms with Gasteiger partial charge in [-0.3, -0.25) is 4.99 Å². The highest BCUT2D eigenvalue weighted by Gasteiger charge is 2.11. The van der Waals surface area contributed by atoms with Crippen LogP contribution in [-0.4, -0.2) is 29.8 Å². The van der Waals surface area contributed by atoms with Crippen LogP contribution in [-0.2, 0) is 0 Å². The Bertz CT molecular complexity index is 815. The summed E-state index contributed by atoms with van der Waals surface area (Å²) >= 11 is 5.90. The molecule has 1 atom stereocenters. The van der Waals surface area contributed by atoms with Crippen LogP contribution in [0, 0.1) is 5.82 Å². The maximum absolute atomic E-state index is 14.5. The number of halogens is 1. The van der Waals surface area contributed by atoms with Gasteiger partial charge in [-0.05, 0) is 49.4 Å². The quantitative estimate of drug-likeness (QED) is 0.259. The molecule has 0 saturated carbocycles. The second-order valence-electron chi connectivity index (χ2n) is 6.51. The molecule has 0 fully saturated rings. The highest BCUT2D eigenvalue weighted by atomic mass is 32.2. The Hall–Kier alpha value is -1.86. The molecule has 0 aromatic heterocycles. The molecule has 4 nitrogen and oxygen atoms in total. The van der Waals surface area contributed by atoms with Crippen molar-refractivity contribution < 1.29 is 4.39 Å². The maximum Gasteiger partial charge on any atom is 0.151 e. The third kappa shape index (κ3) is 6.66. The van der Waals surface area contributed by atoms with Crippen molar-refractivity contribution >= 4 is 46.5 Å². The van der Waals surface area contributed by atoms with Crippen molar-refractivity contribution in [2.75, 3.05) is 19.0 Å². The summed E-state index contributed by atoms with van der Waals surface area (Å²) in [6.07, 6.45) is 0. The standard InChI is InChI=1S/C20H25FN4S2/c1-13(2)27-20(22-14(3)26)15-6-11-19(18(21)12-15)24-23-16-7-9-17(10-8-16)25(4)5/h6-14,26H,1-5H3. The lowest BCUT2D eigenvalue weighted by Crippen LogP contribution is -2.07. The van der Waals surface area contributed by atoms with Crippen molar-refractivity contribution in [1.29, 1.82) is 0 Å². The molecule has 0 aliphatic rings. The molecular formula is C20H25FN4S2. The zero-order valence-electron chi connectivity index (χ0n) is 16.2. The predicted octanol–water partition coefficient (Wildman–Crippen LogP) is 6.47. The lowest BCUT2D eigenvalue weighted by molar-refractivity contribution is 0.628. The van der Waals surface area contributed by atoms with Crippen LogP contribution in [0.5, 0.6) is 0 Å². The molecule has 0 N–H and O–H groups in total. The smallest absolute Gasteiger partial charge is 0.151 e. The lowest BCUT2D eigenvalue weighted by atomic mass is 10.2. The number of azo groups is 1. The minimum absolute atomic E-state index is 0.154. The Kier molecular flexibility index (Phi) is 7.86.